The molecule has 0 N–H and O–H groups in total. The zero-order valence-corrected chi connectivity index (χ0v) is 19.2. The Balaban J connectivity index is 1.52. The second-order valence-corrected chi connectivity index (χ2v) is 9.64. The molecule has 0 radical (unpaired) electrons. The number of rotatable bonds is 2. The molecule has 7 rings (SSSR count). The number of benzene rings is 3. The summed E-state index contributed by atoms with van der Waals surface area (Å²) in [5, 5.41) is 0. The second kappa shape index (κ2) is 7.36. The van der Waals surface area contributed by atoms with Gasteiger partial charge in [0, 0.05) is 17.4 Å². The van der Waals surface area contributed by atoms with Crippen molar-refractivity contribution < 1.29 is 9.47 Å². The molecule has 2 heteroatoms. The van der Waals surface area contributed by atoms with Crippen LogP contribution in [-0.2, 0) is 5.41 Å². The molecule has 0 saturated carbocycles. The van der Waals surface area contributed by atoms with E-state index in [0.29, 0.717) is 0 Å². The van der Waals surface area contributed by atoms with Gasteiger partial charge in [0.15, 0.2) is 23.0 Å². The van der Waals surface area contributed by atoms with Gasteiger partial charge < -0.3 is 9.47 Å². The first-order valence-electron chi connectivity index (χ1n) is 12.2. The van der Waals surface area contributed by atoms with Crippen LogP contribution in [0.2, 0.25) is 0 Å². The normalized spacial score (nSPS) is 25.4. The molecule has 1 aliphatic heterocycles. The van der Waals surface area contributed by atoms with Crippen molar-refractivity contribution in [2.45, 2.75) is 31.1 Å². The van der Waals surface area contributed by atoms with Crippen molar-refractivity contribution in [3.8, 4) is 23.0 Å². The fourth-order valence-corrected chi connectivity index (χ4v) is 6.39. The van der Waals surface area contributed by atoms with Gasteiger partial charge in [-0.1, -0.05) is 85.0 Å². The van der Waals surface area contributed by atoms with E-state index in [1.54, 1.807) is 0 Å². The van der Waals surface area contributed by atoms with Gasteiger partial charge in [-0.25, -0.2) is 0 Å². The minimum absolute atomic E-state index is 0.210. The number of aryl methyl sites for hydroxylation is 1. The lowest BCUT2D eigenvalue weighted by Gasteiger charge is -2.40. The van der Waals surface area contributed by atoms with E-state index in [2.05, 4.69) is 98.0 Å². The van der Waals surface area contributed by atoms with Crippen LogP contribution in [0.5, 0.6) is 23.0 Å². The molecule has 0 spiro atoms. The molecule has 3 atom stereocenters. The Kier molecular flexibility index (Phi) is 4.26. The van der Waals surface area contributed by atoms with Crippen LogP contribution in [0.25, 0.3) is 0 Å². The standard InChI is InChI=1S/C32H26O2/c1-21-16-18-27-29(20-21)33-28-19-17-26-30(31(28)34-27)24-14-8-9-15-25(24)32(26,22-10-4-2-5-11-22)23-12-6-3-7-13-23/h2,4-6,8-20,24-25H,3,7H2,1H3. The fourth-order valence-electron chi connectivity index (χ4n) is 6.39. The summed E-state index contributed by atoms with van der Waals surface area (Å²) in [7, 11) is 0. The Morgan fingerprint density at radius 3 is 2.53 bits per heavy atom. The lowest BCUT2D eigenvalue weighted by atomic mass is 9.62. The van der Waals surface area contributed by atoms with Crippen LogP contribution in [0.1, 0.15) is 41.0 Å². The first kappa shape index (κ1) is 19.7. The van der Waals surface area contributed by atoms with E-state index in [4.69, 9.17) is 9.47 Å². The summed E-state index contributed by atoms with van der Waals surface area (Å²) in [5.41, 5.74) is 6.16. The highest BCUT2D eigenvalue weighted by molar-refractivity contribution is 5.71. The zero-order valence-electron chi connectivity index (χ0n) is 19.2. The van der Waals surface area contributed by atoms with Crippen LogP contribution in [0.4, 0.5) is 0 Å². The Labute approximate surface area is 200 Å². The van der Waals surface area contributed by atoms with E-state index in [-0.39, 0.29) is 17.3 Å². The monoisotopic (exact) mass is 442 g/mol. The molecule has 3 aromatic rings. The first-order chi connectivity index (χ1) is 16.8. The topological polar surface area (TPSA) is 18.5 Å². The van der Waals surface area contributed by atoms with Crippen LogP contribution >= 0.6 is 0 Å². The molecule has 34 heavy (non-hydrogen) atoms. The van der Waals surface area contributed by atoms with E-state index in [0.717, 1.165) is 41.4 Å². The summed E-state index contributed by atoms with van der Waals surface area (Å²) in [4.78, 5) is 0. The SMILES string of the molecule is Cc1ccc2c(c1)Oc1ccc3c(c1O2)C1C=CC=CC1C3(C1=CCCC=C1)c1ccccc1. The summed E-state index contributed by atoms with van der Waals surface area (Å²) in [5.74, 6) is 3.71. The van der Waals surface area contributed by atoms with Gasteiger partial charge in [-0.2, -0.15) is 0 Å². The number of hydrogen-bond donors (Lipinski definition) is 0. The van der Waals surface area contributed by atoms with E-state index < -0.39 is 0 Å². The highest BCUT2D eigenvalue weighted by Crippen LogP contribution is 2.64. The van der Waals surface area contributed by atoms with Gasteiger partial charge in [0.2, 0.25) is 0 Å². The average Bonchev–Trinajstić information content (AvgIpc) is 3.20. The Morgan fingerprint density at radius 1 is 0.824 bits per heavy atom. The molecule has 3 aliphatic carbocycles. The van der Waals surface area contributed by atoms with E-state index >= 15 is 0 Å². The highest BCUT2D eigenvalue weighted by atomic mass is 16.6. The molecule has 166 valence electrons. The third-order valence-corrected chi connectivity index (χ3v) is 7.76. The predicted molar refractivity (Wildman–Crippen MR) is 136 cm³/mol. The lowest BCUT2D eigenvalue weighted by molar-refractivity contribution is 0.354. The molecule has 0 bridgehead atoms. The molecule has 4 aliphatic rings. The van der Waals surface area contributed by atoms with Crippen molar-refractivity contribution in [1.82, 2.24) is 0 Å². The van der Waals surface area contributed by atoms with Crippen molar-refractivity contribution in [3.05, 3.63) is 131 Å². The van der Waals surface area contributed by atoms with Crippen molar-refractivity contribution in [2.24, 2.45) is 5.92 Å². The predicted octanol–water partition coefficient (Wildman–Crippen LogP) is 8.29. The first-order valence-corrected chi connectivity index (χ1v) is 12.2. The van der Waals surface area contributed by atoms with Gasteiger partial charge in [0.05, 0.1) is 5.41 Å². The zero-order chi connectivity index (χ0) is 22.7. The summed E-state index contributed by atoms with van der Waals surface area (Å²) in [6.07, 6.45) is 18.4. The van der Waals surface area contributed by atoms with Gasteiger partial charge in [-0.05, 0) is 60.2 Å². The molecule has 0 fully saturated rings. The van der Waals surface area contributed by atoms with E-state index in [1.165, 1.54) is 22.3 Å². The minimum atomic E-state index is -0.272. The lowest BCUT2D eigenvalue weighted by Crippen LogP contribution is -2.35. The molecule has 0 aromatic heterocycles. The average molecular weight is 443 g/mol. The molecule has 3 unspecified atom stereocenters. The molecular weight excluding hydrogens is 416 g/mol. The van der Waals surface area contributed by atoms with Gasteiger partial charge in [0.25, 0.3) is 0 Å². The van der Waals surface area contributed by atoms with Crippen molar-refractivity contribution >= 4 is 0 Å². The van der Waals surface area contributed by atoms with Crippen molar-refractivity contribution in [2.75, 3.05) is 0 Å². The van der Waals surface area contributed by atoms with Crippen LogP contribution in [-0.4, -0.2) is 0 Å². The summed E-state index contributed by atoms with van der Waals surface area (Å²) < 4.78 is 13.0. The second-order valence-electron chi connectivity index (χ2n) is 9.64. The van der Waals surface area contributed by atoms with Crippen LogP contribution in [0.3, 0.4) is 0 Å². The Morgan fingerprint density at radius 2 is 1.68 bits per heavy atom. The van der Waals surface area contributed by atoms with Crippen molar-refractivity contribution in [1.29, 1.82) is 0 Å². The Hall–Kier alpha value is -3.78. The van der Waals surface area contributed by atoms with Crippen LogP contribution in [0, 0.1) is 12.8 Å². The summed E-state index contributed by atoms with van der Waals surface area (Å²) >= 11 is 0. The quantitative estimate of drug-likeness (QED) is 0.311. The van der Waals surface area contributed by atoms with E-state index in [1.807, 2.05) is 12.1 Å². The summed E-state index contributed by atoms with van der Waals surface area (Å²) in [6, 6.07) is 21.5. The van der Waals surface area contributed by atoms with Crippen LogP contribution < -0.4 is 9.47 Å². The van der Waals surface area contributed by atoms with Crippen molar-refractivity contribution in [3.63, 3.8) is 0 Å². The van der Waals surface area contributed by atoms with Gasteiger partial charge in [-0.15, -0.1) is 0 Å². The maximum absolute atomic E-state index is 6.62. The molecule has 1 heterocycles. The minimum Gasteiger partial charge on any atom is -0.449 e. The highest BCUT2D eigenvalue weighted by Gasteiger charge is 2.55. The smallest absolute Gasteiger partial charge is 0.174 e. The molecular formula is C32H26O2. The number of ether oxygens (including phenoxy) is 2. The third kappa shape index (κ3) is 2.63. The van der Waals surface area contributed by atoms with Crippen LogP contribution in [0.15, 0.2) is 109 Å². The molecule has 2 nitrogen and oxygen atoms in total. The molecule has 0 amide bonds. The number of hydrogen-bond acceptors (Lipinski definition) is 2. The number of fused-ring (bicyclic) bond motifs is 6. The largest absolute Gasteiger partial charge is 0.449 e. The van der Waals surface area contributed by atoms with E-state index in [9.17, 15) is 0 Å². The van der Waals surface area contributed by atoms with Gasteiger partial charge in [-0.3, -0.25) is 0 Å². The Bertz CT molecular complexity index is 1420. The molecule has 3 aromatic carbocycles. The third-order valence-electron chi connectivity index (χ3n) is 7.76. The molecule has 0 saturated heterocycles. The maximum Gasteiger partial charge on any atom is 0.174 e. The number of allylic oxidation sites excluding steroid dienone is 8. The summed E-state index contributed by atoms with van der Waals surface area (Å²) in [6.45, 7) is 2.07. The fraction of sp³-hybridized carbons (Fsp3) is 0.188. The van der Waals surface area contributed by atoms with Gasteiger partial charge >= 0.3 is 0 Å². The maximum atomic E-state index is 6.62. The van der Waals surface area contributed by atoms with Gasteiger partial charge in [0.1, 0.15) is 0 Å².